The highest BCUT2D eigenvalue weighted by Gasteiger charge is 2.22. The van der Waals surface area contributed by atoms with Gasteiger partial charge in [0.05, 0.1) is 56.5 Å². The van der Waals surface area contributed by atoms with Crippen LogP contribution in [-0.2, 0) is 0 Å². The maximum absolute atomic E-state index is 9.74. The van der Waals surface area contributed by atoms with E-state index in [-0.39, 0.29) is 0 Å². The third-order valence-corrected chi connectivity index (χ3v) is 12.4. The topological polar surface area (TPSA) is 59.4 Å². The molecular formula is C59H37N5. The van der Waals surface area contributed by atoms with Crippen LogP contribution < -0.4 is 0 Å². The summed E-state index contributed by atoms with van der Waals surface area (Å²) in [5, 5.41) is 14.4. The van der Waals surface area contributed by atoms with Gasteiger partial charge < -0.3 is 9.13 Å². The first-order valence-electron chi connectivity index (χ1n) is 21.5. The second-order valence-electron chi connectivity index (χ2n) is 16.1. The molecule has 0 bridgehead atoms. The molecule has 0 unspecified atom stereocenters. The fraction of sp³-hybridized carbons (Fsp3) is 0. The van der Waals surface area contributed by atoms with Crippen molar-refractivity contribution in [2.24, 2.45) is 0 Å². The van der Waals surface area contributed by atoms with Crippen molar-refractivity contribution in [3.63, 3.8) is 0 Å². The predicted molar refractivity (Wildman–Crippen MR) is 263 cm³/mol. The molecule has 0 amide bonds. The van der Waals surface area contributed by atoms with E-state index in [2.05, 4.69) is 209 Å². The maximum Gasteiger partial charge on any atom is 0.160 e. The van der Waals surface area contributed by atoms with E-state index in [0.717, 1.165) is 94.5 Å². The van der Waals surface area contributed by atoms with Gasteiger partial charge in [0.25, 0.3) is 0 Å². The molecule has 9 aromatic carbocycles. The average Bonchev–Trinajstić information content (AvgIpc) is 3.89. The van der Waals surface area contributed by atoms with Crippen LogP contribution in [-0.4, -0.2) is 19.1 Å². The van der Waals surface area contributed by atoms with Crippen LogP contribution in [0, 0.1) is 11.3 Å². The molecule has 0 radical (unpaired) electrons. The van der Waals surface area contributed by atoms with Crippen LogP contribution >= 0.6 is 0 Å². The van der Waals surface area contributed by atoms with Crippen LogP contribution in [0.4, 0.5) is 0 Å². The van der Waals surface area contributed by atoms with Crippen LogP contribution in [0.3, 0.4) is 0 Å². The molecule has 3 heterocycles. The van der Waals surface area contributed by atoms with E-state index >= 15 is 0 Å². The van der Waals surface area contributed by atoms with Gasteiger partial charge >= 0.3 is 0 Å². The van der Waals surface area contributed by atoms with Gasteiger partial charge in [-0.05, 0) is 71.8 Å². The Labute approximate surface area is 370 Å². The standard InChI is InChI=1S/C59H37N5/c60-38-39-16-15-21-42(34-39)43-31-33-57-50(35-43)48-25-10-14-29-56(48)64(57)58-36-44(59-61-51(40-17-3-1-4-18-40)37-52(62-59)41-19-5-2-6-20-41)30-32-49(58)47-24-9-13-28-55(47)63-53-26-11-7-22-45(53)46-23-8-12-27-54(46)63/h1-37H. The van der Waals surface area contributed by atoms with E-state index in [1.54, 1.807) is 0 Å². The van der Waals surface area contributed by atoms with Crippen molar-refractivity contribution in [3.05, 3.63) is 230 Å². The molecule has 5 nitrogen and oxygen atoms in total. The first kappa shape index (κ1) is 37.0. The van der Waals surface area contributed by atoms with Crippen molar-refractivity contribution in [3.8, 4) is 73.6 Å². The van der Waals surface area contributed by atoms with Crippen LogP contribution in [0.5, 0.6) is 0 Å². The van der Waals surface area contributed by atoms with Gasteiger partial charge in [0.15, 0.2) is 5.82 Å². The molecule has 0 aliphatic carbocycles. The van der Waals surface area contributed by atoms with Crippen molar-refractivity contribution in [1.82, 2.24) is 19.1 Å². The minimum absolute atomic E-state index is 0.636. The number of para-hydroxylation sites is 4. The predicted octanol–water partition coefficient (Wildman–Crippen LogP) is 14.9. The number of nitriles is 1. The molecular weight excluding hydrogens is 779 g/mol. The van der Waals surface area contributed by atoms with E-state index in [1.807, 2.05) is 30.3 Å². The lowest BCUT2D eigenvalue weighted by atomic mass is 9.98. The Balaban J connectivity index is 1.15. The molecule has 12 aromatic rings. The summed E-state index contributed by atoms with van der Waals surface area (Å²) in [7, 11) is 0. The Morgan fingerprint density at radius 2 is 0.812 bits per heavy atom. The highest BCUT2D eigenvalue weighted by molar-refractivity contribution is 6.12. The van der Waals surface area contributed by atoms with Gasteiger partial charge in [-0.3, -0.25) is 0 Å². The molecule has 64 heavy (non-hydrogen) atoms. The van der Waals surface area contributed by atoms with Crippen LogP contribution in [0.2, 0.25) is 0 Å². The SMILES string of the molecule is N#Cc1cccc(-c2ccc3c(c2)c2ccccc2n3-c2cc(-c3nc(-c4ccccc4)cc(-c4ccccc4)n3)ccc2-c2ccccc2-n2c3ccccc3c3ccccc32)c1. The highest BCUT2D eigenvalue weighted by atomic mass is 15.0. The molecule has 0 saturated carbocycles. The summed E-state index contributed by atoms with van der Waals surface area (Å²) < 4.78 is 4.81. The van der Waals surface area contributed by atoms with Gasteiger partial charge in [0.1, 0.15) is 0 Å². The normalized spacial score (nSPS) is 11.4. The van der Waals surface area contributed by atoms with Gasteiger partial charge in [-0.1, -0.05) is 164 Å². The van der Waals surface area contributed by atoms with Crippen molar-refractivity contribution >= 4 is 43.6 Å². The number of aromatic nitrogens is 4. The Bertz CT molecular complexity index is 3690. The van der Waals surface area contributed by atoms with Crippen molar-refractivity contribution < 1.29 is 0 Å². The minimum Gasteiger partial charge on any atom is -0.309 e. The molecule has 12 rings (SSSR count). The molecule has 0 fully saturated rings. The van der Waals surface area contributed by atoms with E-state index in [0.29, 0.717) is 11.4 Å². The van der Waals surface area contributed by atoms with Gasteiger partial charge in [-0.2, -0.15) is 5.26 Å². The Hall–Kier alpha value is -8.85. The lowest BCUT2D eigenvalue weighted by Crippen LogP contribution is -2.03. The zero-order chi connectivity index (χ0) is 42.6. The largest absolute Gasteiger partial charge is 0.309 e. The first-order chi connectivity index (χ1) is 31.7. The molecule has 0 N–H and O–H groups in total. The number of fused-ring (bicyclic) bond motifs is 6. The number of rotatable bonds is 7. The minimum atomic E-state index is 0.636. The smallest absolute Gasteiger partial charge is 0.160 e. The fourth-order valence-electron chi connectivity index (χ4n) is 9.43. The summed E-state index contributed by atoms with van der Waals surface area (Å²) in [6.45, 7) is 0. The third-order valence-electron chi connectivity index (χ3n) is 12.4. The van der Waals surface area contributed by atoms with Crippen molar-refractivity contribution in [2.45, 2.75) is 0 Å². The summed E-state index contributed by atoms with van der Waals surface area (Å²) in [6, 6.07) is 81.0. The van der Waals surface area contributed by atoms with Gasteiger partial charge in [0.2, 0.25) is 0 Å². The lowest BCUT2D eigenvalue weighted by molar-refractivity contribution is 1.15. The van der Waals surface area contributed by atoms with E-state index in [9.17, 15) is 5.26 Å². The molecule has 0 aliphatic rings. The number of hydrogen-bond acceptors (Lipinski definition) is 3. The Kier molecular flexibility index (Phi) is 8.81. The van der Waals surface area contributed by atoms with E-state index in [4.69, 9.17) is 9.97 Å². The Morgan fingerprint density at radius 1 is 0.328 bits per heavy atom. The monoisotopic (exact) mass is 815 g/mol. The quantitative estimate of drug-likeness (QED) is 0.161. The third kappa shape index (κ3) is 6.16. The summed E-state index contributed by atoms with van der Waals surface area (Å²) in [5.74, 6) is 0.643. The second-order valence-corrected chi connectivity index (χ2v) is 16.1. The van der Waals surface area contributed by atoms with Crippen molar-refractivity contribution in [2.75, 3.05) is 0 Å². The molecule has 0 saturated heterocycles. The van der Waals surface area contributed by atoms with Crippen LogP contribution in [0.1, 0.15) is 5.56 Å². The van der Waals surface area contributed by atoms with Crippen LogP contribution in [0.25, 0.3) is 111 Å². The summed E-state index contributed by atoms with van der Waals surface area (Å²) in [4.78, 5) is 10.6. The average molecular weight is 816 g/mol. The molecule has 0 atom stereocenters. The van der Waals surface area contributed by atoms with E-state index < -0.39 is 0 Å². The maximum atomic E-state index is 9.74. The zero-order valence-corrected chi connectivity index (χ0v) is 34.6. The highest BCUT2D eigenvalue weighted by Crippen LogP contribution is 2.43. The lowest BCUT2D eigenvalue weighted by Gasteiger charge is -2.20. The molecule has 298 valence electrons. The second kappa shape index (κ2) is 15.3. The van der Waals surface area contributed by atoms with Crippen molar-refractivity contribution in [1.29, 1.82) is 5.26 Å². The first-order valence-corrected chi connectivity index (χ1v) is 21.5. The Morgan fingerprint density at radius 3 is 1.45 bits per heavy atom. The number of nitrogens with zero attached hydrogens (tertiary/aromatic N) is 5. The summed E-state index contributed by atoms with van der Waals surface area (Å²) in [5.41, 5.74) is 16.1. The zero-order valence-electron chi connectivity index (χ0n) is 34.6. The molecule has 5 heteroatoms. The summed E-state index contributed by atoms with van der Waals surface area (Å²) in [6.07, 6.45) is 0. The van der Waals surface area contributed by atoms with Crippen LogP contribution in [0.15, 0.2) is 224 Å². The van der Waals surface area contributed by atoms with Gasteiger partial charge in [0, 0.05) is 49.4 Å². The molecule has 0 aliphatic heterocycles. The number of benzene rings is 9. The fourth-order valence-corrected chi connectivity index (χ4v) is 9.43. The van der Waals surface area contributed by atoms with E-state index in [1.165, 1.54) is 10.8 Å². The van der Waals surface area contributed by atoms with Gasteiger partial charge in [-0.25, -0.2) is 9.97 Å². The van der Waals surface area contributed by atoms with Gasteiger partial charge in [-0.15, -0.1) is 0 Å². The summed E-state index contributed by atoms with van der Waals surface area (Å²) >= 11 is 0. The number of hydrogen-bond donors (Lipinski definition) is 0. The molecule has 0 spiro atoms. The molecule has 3 aromatic heterocycles.